The van der Waals surface area contributed by atoms with Gasteiger partial charge in [-0.15, -0.1) is 0 Å². The van der Waals surface area contributed by atoms with Crippen molar-refractivity contribution >= 4 is 17.3 Å². The second-order valence-corrected chi connectivity index (χ2v) is 9.56. The van der Waals surface area contributed by atoms with E-state index in [1.54, 1.807) is 12.1 Å². The van der Waals surface area contributed by atoms with Crippen LogP contribution < -0.4 is 0 Å². The largest absolute Gasteiger partial charge is 0.641 e. The fourth-order valence-corrected chi connectivity index (χ4v) is 4.11. The Morgan fingerprint density at radius 1 is 0.651 bits per heavy atom. The molecule has 5 aromatic carbocycles. The van der Waals surface area contributed by atoms with E-state index < -0.39 is 0 Å². The minimum absolute atomic E-state index is 0. The Morgan fingerprint density at radius 3 is 1.79 bits per heavy atom. The van der Waals surface area contributed by atoms with Gasteiger partial charge in [0.2, 0.25) is 5.78 Å². The van der Waals surface area contributed by atoms with Crippen molar-refractivity contribution in [1.82, 2.24) is 0 Å². The number of hydrogen-bond acceptors (Lipinski definition) is 3. The number of aryl methyl sites for hydroxylation is 1. The van der Waals surface area contributed by atoms with E-state index in [-0.39, 0.29) is 34.4 Å². The molecule has 0 radical (unpaired) electrons. The Labute approximate surface area is 264 Å². The predicted molar refractivity (Wildman–Crippen MR) is 168 cm³/mol. The zero-order chi connectivity index (χ0) is 29.4. The molecule has 0 saturated heterocycles. The zero-order valence-electron chi connectivity index (χ0n) is 23.6. The van der Waals surface area contributed by atoms with Crippen molar-refractivity contribution in [2.45, 2.75) is 25.7 Å². The van der Waals surface area contributed by atoms with Gasteiger partial charge in [0.15, 0.2) is 0 Å². The van der Waals surface area contributed by atoms with Gasteiger partial charge in [-0.2, -0.15) is 12.1 Å². The molecule has 0 aliphatic carbocycles. The molecule has 0 amide bonds. The molecule has 0 fully saturated rings. The molecule has 218 valence electrons. The molecule has 0 saturated carbocycles. The average molecular weight is 603 g/mol. The smallest absolute Gasteiger partial charge is 0.236 e. The maximum absolute atomic E-state index is 12.2. The molecule has 0 heterocycles. The molecule has 5 rings (SSSR count). The summed E-state index contributed by atoms with van der Waals surface area (Å²) in [5.74, 6) is 10.9. The van der Waals surface area contributed by atoms with Gasteiger partial charge in [-0.3, -0.25) is 10.7 Å². The Morgan fingerprint density at radius 2 is 1.21 bits per heavy atom. The maximum Gasteiger partial charge on any atom is 0.236 e. The van der Waals surface area contributed by atoms with E-state index in [0.29, 0.717) is 17.5 Å². The van der Waals surface area contributed by atoms with Crippen LogP contribution in [0.3, 0.4) is 0 Å². The van der Waals surface area contributed by atoms with Crippen molar-refractivity contribution < 1.29 is 31.5 Å². The molecule has 0 aliphatic rings. The summed E-state index contributed by atoms with van der Waals surface area (Å²) < 4.78 is 0. The maximum atomic E-state index is 12.2. The third-order valence-electron chi connectivity index (χ3n) is 6.43. The van der Waals surface area contributed by atoms with Crippen molar-refractivity contribution in [1.29, 1.82) is 0 Å². The van der Waals surface area contributed by atoms with Gasteiger partial charge in [0.1, 0.15) is 5.78 Å². The van der Waals surface area contributed by atoms with Crippen LogP contribution in [0.15, 0.2) is 133 Å². The van der Waals surface area contributed by atoms with Crippen LogP contribution in [0.25, 0.3) is 0 Å². The summed E-state index contributed by atoms with van der Waals surface area (Å²) in [6.45, 7) is 0. The Kier molecular flexibility index (Phi) is 13.4. The van der Waals surface area contributed by atoms with Crippen LogP contribution in [0, 0.1) is 23.7 Å². The molecule has 0 aliphatic heterocycles. The topological polar surface area (TPSA) is 51.2 Å². The van der Waals surface area contributed by atoms with E-state index in [0.717, 1.165) is 36.0 Å². The first-order valence-electron chi connectivity index (χ1n) is 13.9. The quantitative estimate of drug-likeness (QED) is 0.0597. The van der Waals surface area contributed by atoms with Gasteiger partial charge < -0.3 is 51.1 Å². The zero-order valence-corrected chi connectivity index (χ0v) is 24.7. The van der Waals surface area contributed by atoms with Crippen molar-refractivity contribution in [3.63, 3.8) is 0 Å². The summed E-state index contributed by atoms with van der Waals surface area (Å²) in [5.41, 5.74) is 4.92. The Bertz CT molecular complexity index is 1690. The molecule has 4 heteroatoms. The Balaban J connectivity index is 0.000000268. The van der Waals surface area contributed by atoms with Crippen LogP contribution in [0.4, 0.5) is 0 Å². The van der Waals surface area contributed by atoms with Crippen LogP contribution in [0.2, 0.25) is 0 Å². The first-order valence-corrected chi connectivity index (χ1v) is 13.9. The molecule has 43 heavy (non-hydrogen) atoms. The van der Waals surface area contributed by atoms with E-state index in [2.05, 4.69) is 23.7 Å². The molecule has 0 N–H and O–H groups in total. The number of hydrogen-bond donors (Lipinski definition) is 0. The van der Waals surface area contributed by atoms with Crippen molar-refractivity contribution in [3.8, 4) is 23.7 Å². The molecule has 3 nitrogen and oxygen atoms in total. The standard InChI is InChI=1S/C25H21O2.C14H9O.Fe/c26-24(22-11-5-6-12-22)13-7-4-10-21-14-17-23(18-15-21)25(27)19-16-20-8-2-1-3-9-20;15-14(13-8-4-5-9-13)11-10-12-6-2-1-3-7-12;/h1-3,5-6,8-9,11-12,14-15,17-18H,4,7,10,13H2;1-9H;/q-1;-5;. The van der Waals surface area contributed by atoms with E-state index in [4.69, 9.17) is 0 Å². The second-order valence-electron chi connectivity index (χ2n) is 9.56. The van der Waals surface area contributed by atoms with Crippen LogP contribution in [0.1, 0.15) is 67.0 Å². The van der Waals surface area contributed by atoms with E-state index in [1.807, 2.05) is 121 Å². The summed E-state index contributed by atoms with van der Waals surface area (Å²) in [6.07, 6.45) is 3.30. The second kappa shape index (κ2) is 17.7. The molecule has 0 aromatic heterocycles. The van der Waals surface area contributed by atoms with Gasteiger partial charge in [0, 0.05) is 28.2 Å². The Hall–Kier alpha value is -4.99. The first-order chi connectivity index (χ1) is 20.6. The van der Waals surface area contributed by atoms with Gasteiger partial charge in [-0.25, -0.2) is 12.1 Å². The number of unbranched alkanes of at least 4 members (excludes halogenated alkanes) is 1. The number of ketones is 3. The van der Waals surface area contributed by atoms with Crippen LogP contribution >= 0.6 is 0 Å². The molecular weight excluding hydrogens is 572 g/mol. The molecule has 0 spiro atoms. The summed E-state index contributed by atoms with van der Waals surface area (Å²) in [7, 11) is 0. The van der Waals surface area contributed by atoms with Crippen LogP contribution in [-0.4, -0.2) is 17.3 Å². The van der Waals surface area contributed by atoms with E-state index >= 15 is 0 Å². The third kappa shape index (κ3) is 11.1. The van der Waals surface area contributed by atoms with Crippen molar-refractivity contribution in [3.05, 3.63) is 167 Å². The number of Topliss-reactive ketones (excluding diaryl/α,β-unsaturated/α-hetero) is 3. The first kappa shape index (κ1) is 32.5. The SMILES string of the molecule is O=C(C#Cc1ccccc1)[c-]1[cH-][cH-][cH-][cH-]1.O=C(C#Cc1ccccc1)c1ccc(CCCCC(=O)[c-]2cccc2)cc1.[Fe]. The molecule has 0 atom stereocenters. The summed E-state index contributed by atoms with van der Waals surface area (Å²) in [4.78, 5) is 35.6. The number of carbonyl (C=O) groups is 3. The van der Waals surface area contributed by atoms with Gasteiger partial charge in [0.25, 0.3) is 0 Å². The fraction of sp³-hybridized carbons (Fsp3) is 0.103. The number of carbonyl (C=O) groups excluding carboxylic acids is 3. The van der Waals surface area contributed by atoms with Gasteiger partial charge >= 0.3 is 0 Å². The number of benzene rings is 3. The van der Waals surface area contributed by atoms with Crippen LogP contribution in [0.5, 0.6) is 0 Å². The molecule has 0 bridgehead atoms. The fourth-order valence-electron chi connectivity index (χ4n) is 4.11. The van der Waals surface area contributed by atoms with Crippen molar-refractivity contribution in [2.75, 3.05) is 0 Å². The molecule has 5 aromatic rings. The summed E-state index contributed by atoms with van der Waals surface area (Å²) in [5, 5.41) is 0. The van der Waals surface area contributed by atoms with Gasteiger partial charge in [0.05, 0.1) is 0 Å². The average Bonchev–Trinajstić information content (AvgIpc) is 3.78. The third-order valence-corrected chi connectivity index (χ3v) is 6.43. The normalized spacial score (nSPS) is 9.49. The van der Waals surface area contributed by atoms with Crippen molar-refractivity contribution in [2.24, 2.45) is 0 Å². The minimum Gasteiger partial charge on any atom is -0.641 e. The summed E-state index contributed by atoms with van der Waals surface area (Å²) >= 11 is 0. The van der Waals surface area contributed by atoms with E-state index in [9.17, 15) is 14.4 Å². The van der Waals surface area contributed by atoms with Gasteiger partial charge in [-0.05, 0) is 67.0 Å². The monoisotopic (exact) mass is 602 g/mol. The van der Waals surface area contributed by atoms with Crippen LogP contribution in [-0.2, 0) is 23.5 Å². The number of rotatable bonds is 8. The van der Waals surface area contributed by atoms with Gasteiger partial charge in [-0.1, -0.05) is 72.1 Å². The minimum atomic E-state index is -0.175. The summed E-state index contributed by atoms with van der Waals surface area (Å²) in [6, 6.07) is 41.2. The molecule has 0 unspecified atom stereocenters. The van der Waals surface area contributed by atoms with E-state index in [1.165, 1.54) is 5.56 Å². The predicted octanol–water partition coefficient (Wildman–Crippen LogP) is 7.87. The molecular formula is C39H30FeO3-6.